The lowest BCUT2D eigenvalue weighted by molar-refractivity contribution is -0.123. The van der Waals surface area contributed by atoms with E-state index in [-0.39, 0.29) is 29.4 Å². The molecule has 0 saturated carbocycles. The molecule has 2 aromatic heterocycles. The van der Waals surface area contributed by atoms with Crippen LogP contribution in [0.2, 0.25) is 0 Å². The summed E-state index contributed by atoms with van der Waals surface area (Å²) in [5.74, 6) is -1.25. The lowest BCUT2D eigenvalue weighted by atomic mass is 9.98. The standard InChI is InChI=1S/C25H23FN4O3S2/c26-21-12-6-13-22-23(21)28-25(34-22)30(17-19-9-4-5-14-27-19)24(31)18-8-7-15-29(16-18)35(32,33)20-10-2-1-3-11-20/h1-6,9-14,18H,7-8,15-17H2. The van der Waals surface area contributed by atoms with Gasteiger partial charge < -0.3 is 0 Å². The first-order chi connectivity index (χ1) is 16.9. The molecule has 1 atom stereocenters. The topological polar surface area (TPSA) is 83.5 Å². The maximum absolute atomic E-state index is 14.3. The first-order valence-electron chi connectivity index (χ1n) is 11.2. The number of amides is 1. The SMILES string of the molecule is O=C(C1CCCN(S(=O)(=O)c2ccccc2)C1)N(Cc1ccccn1)c1nc2c(F)cccc2s1. The fourth-order valence-electron chi connectivity index (χ4n) is 4.24. The zero-order valence-electron chi connectivity index (χ0n) is 18.7. The molecule has 0 spiro atoms. The normalized spacial score (nSPS) is 16.9. The second-order valence-corrected chi connectivity index (χ2v) is 11.3. The number of sulfonamides is 1. The van der Waals surface area contributed by atoms with Crippen molar-refractivity contribution in [3.8, 4) is 0 Å². The van der Waals surface area contributed by atoms with E-state index in [1.54, 1.807) is 60.8 Å². The second-order valence-electron chi connectivity index (χ2n) is 8.34. The Morgan fingerprint density at radius 1 is 1.09 bits per heavy atom. The molecule has 5 rings (SSSR count). The number of thiazole rings is 1. The Bertz CT molecular complexity index is 1450. The Morgan fingerprint density at radius 2 is 1.89 bits per heavy atom. The predicted octanol–water partition coefficient (Wildman–Crippen LogP) is 4.46. The van der Waals surface area contributed by atoms with Crippen LogP contribution < -0.4 is 4.90 Å². The first kappa shape index (κ1) is 23.5. The van der Waals surface area contributed by atoms with Crippen LogP contribution in [0.1, 0.15) is 18.5 Å². The van der Waals surface area contributed by atoms with Crippen molar-refractivity contribution in [3.63, 3.8) is 0 Å². The minimum Gasteiger partial charge on any atom is -0.282 e. The minimum absolute atomic E-state index is 0.0774. The molecular formula is C25H23FN4O3S2. The quantitative estimate of drug-likeness (QED) is 0.382. The summed E-state index contributed by atoms with van der Waals surface area (Å²) in [5.41, 5.74) is 0.869. The molecule has 7 nitrogen and oxygen atoms in total. The molecule has 1 aliphatic rings. The van der Waals surface area contributed by atoms with E-state index < -0.39 is 21.8 Å². The number of fused-ring (bicyclic) bond motifs is 1. The smallest absolute Gasteiger partial charge is 0.243 e. The van der Waals surface area contributed by atoms with Crippen molar-refractivity contribution in [1.29, 1.82) is 0 Å². The molecule has 1 aliphatic heterocycles. The summed E-state index contributed by atoms with van der Waals surface area (Å²) in [4.78, 5) is 24.3. The predicted molar refractivity (Wildman–Crippen MR) is 133 cm³/mol. The van der Waals surface area contributed by atoms with Crippen molar-refractivity contribution in [2.24, 2.45) is 5.92 Å². The number of para-hydroxylation sites is 1. The van der Waals surface area contributed by atoms with Gasteiger partial charge in [-0.25, -0.2) is 17.8 Å². The molecule has 0 N–H and O–H groups in total. The average molecular weight is 511 g/mol. The van der Waals surface area contributed by atoms with E-state index in [1.807, 2.05) is 6.07 Å². The number of carbonyl (C=O) groups is 1. The van der Waals surface area contributed by atoms with Crippen LogP contribution in [0.3, 0.4) is 0 Å². The summed E-state index contributed by atoms with van der Waals surface area (Å²) in [5, 5.41) is 0.365. The van der Waals surface area contributed by atoms with Crippen molar-refractivity contribution in [1.82, 2.24) is 14.3 Å². The monoisotopic (exact) mass is 510 g/mol. The van der Waals surface area contributed by atoms with E-state index >= 15 is 0 Å². The molecule has 0 radical (unpaired) electrons. The molecule has 35 heavy (non-hydrogen) atoms. The number of piperidine rings is 1. The van der Waals surface area contributed by atoms with Crippen LogP contribution in [0, 0.1) is 11.7 Å². The third-order valence-electron chi connectivity index (χ3n) is 6.02. The molecule has 1 fully saturated rings. The van der Waals surface area contributed by atoms with Crippen molar-refractivity contribution in [3.05, 3.63) is 84.4 Å². The lowest BCUT2D eigenvalue weighted by Crippen LogP contribution is -2.46. The van der Waals surface area contributed by atoms with Crippen LogP contribution in [0.4, 0.5) is 9.52 Å². The zero-order valence-corrected chi connectivity index (χ0v) is 20.4. The first-order valence-corrected chi connectivity index (χ1v) is 13.5. The summed E-state index contributed by atoms with van der Waals surface area (Å²) in [6.07, 6.45) is 2.76. The highest BCUT2D eigenvalue weighted by molar-refractivity contribution is 7.89. The number of hydrogen-bond donors (Lipinski definition) is 0. The molecule has 2 aromatic carbocycles. The molecule has 0 bridgehead atoms. The van der Waals surface area contributed by atoms with Gasteiger partial charge in [-0.1, -0.05) is 41.7 Å². The van der Waals surface area contributed by atoms with Gasteiger partial charge in [0.25, 0.3) is 0 Å². The fraction of sp³-hybridized carbons (Fsp3) is 0.240. The number of aromatic nitrogens is 2. The Morgan fingerprint density at radius 3 is 2.63 bits per heavy atom. The molecule has 1 amide bonds. The minimum atomic E-state index is -3.72. The van der Waals surface area contributed by atoms with Gasteiger partial charge in [-0.2, -0.15) is 4.31 Å². The van der Waals surface area contributed by atoms with Crippen LogP contribution in [0.5, 0.6) is 0 Å². The largest absolute Gasteiger partial charge is 0.282 e. The van der Waals surface area contributed by atoms with E-state index in [1.165, 1.54) is 26.6 Å². The van der Waals surface area contributed by atoms with Gasteiger partial charge in [0.15, 0.2) is 5.13 Å². The second kappa shape index (κ2) is 9.80. The number of carbonyl (C=O) groups excluding carboxylic acids is 1. The average Bonchev–Trinajstić information content (AvgIpc) is 3.33. The van der Waals surface area contributed by atoms with Gasteiger partial charge in [-0.05, 0) is 49.2 Å². The van der Waals surface area contributed by atoms with E-state index in [0.717, 1.165) is 0 Å². The van der Waals surface area contributed by atoms with Crippen LogP contribution in [0.25, 0.3) is 10.2 Å². The van der Waals surface area contributed by atoms with Crippen molar-refractivity contribution < 1.29 is 17.6 Å². The summed E-state index contributed by atoms with van der Waals surface area (Å²) in [7, 11) is -3.72. The third kappa shape index (κ3) is 4.82. The van der Waals surface area contributed by atoms with Crippen molar-refractivity contribution in [2.45, 2.75) is 24.3 Å². The zero-order chi connectivity index (χ0) is 24.4. The van der Waals surface area contributed by atoms with E-state index in [9.17, 15) is 17.6 Å². The van der Waals surface area contributed by atoms with E-state index in [4.69, 9.17) is 0 Å². The summed E-state index contributed by atoms with van der Waals surface area (Å²) < 4.78 is 42.7. The third-order valence-corrected chi connectivity index (χ3v) is 8.94. The molecular weight excluding hydrogens is 487 g/mol. The van der Waals surface area contributed by atoms with Crippen molar-refractivity contribution >= 4 is 42.6 Å². The van der Waals surface area contributed by atoms with Crippen LogP contribution >= 0.6 is 11.3 Å². The number of anilines is 1. The number of benzene rings is 2. The van der Waals surface area contributed by atoms with Crippen molar-refractivity contribution in [2.75, 3.05) is 18.0 Å². The van der Waals surface area contributed by atoms with Gasteiger partial charge in [-0.15, -0.1) is 0 Å². The van der Waals surface area contributed by atoms with E-state index in [0.29, 0.717) is 34.9 Å². The molecule has 4 aromatic rings. The summed E-state index contributed by atoms with van der Waals surface area (Å²) in [6.45, 7) is 0.588. The van der Waals surface area contributed by atoms with Crippen LogP contribution in [-0.2, 0) is 21.4 Å². The van der Waals surface area contributed by atoms with Gasteiger partial charge in [0.05, 0.1) is 27.8 Å². The molecule has 3 heterocycles. The highest BCUT2D eigenvalue weighted by Gasteiger charge is 2.36. The maximum atomic E-state index is 14.3. The molecule has 1 saturated heterocycles. The van der Waals surface area contributed by atoms with Gasteiger partial charge in [0.1, 0.15) is 11.3 Å². The molecule has 10 heteroatoms. The number of halogens is 1. The lowest BCUT2D eigenvalue weighted by Gasteiger charge is -2.33. The number of nitrogens with zero attached hydrogens (tertiary/aromatic N) is 4. The number of rotatable bonds is 6. The van der Waals surface area contributed by atoms with Gasteiger partial charge >= 0.3 is 0 Å². The summed E-state index contributed by atoms with van der Waals surface area (Å²) in [6, 6.07) is 18.4. The van der Waals surface area contributed by atoms with Gasteiger partial charge in [0, 0.05) is 19.3 Å². The van der Waals surface area contributed by atoms with Gasteiger partial charge in [0.2, 0.25) is 15.9 Å². The van der Waals surface area contributed by atoms with Crippen LogP contribution in [0.15, 0.2) is 77.8 Å². The summed E-state index contributed by atoms with van der Waals surface area (Å²) >= 11 is 1.23. The fourth-order valence-corrected chi connectivity index (χ4v) is 6.77. The van der Waals surface area contributed by atoms with Gasteiger partial charge in [-0.3, -0.25) is 14.7 Å². The Kier molecular flexibility index (Phi) is 6.59. The maximum Gasteiger partial charge on any atom is 0.243 e. The van der Waals surface area contributed by atoms with Crippen LogP contribution in [-0.4, -0.2) is 41.7 Å². The highest BCUT2D eigenvalue weighted by Crippen LogP contribution is 2.33. The van der Waals surface area contributed by atoms with E-state index in [2.05, 4.69) is 9.97 Å². The number of hydrogen-bond acceptors (Lipinski definition) is 6. The Labute approximate surface area is 206 Å². The molecule has 0 aliphatic carbocycles. The highest BCUT2D eigenvalue weighted by atomic mass is 32.2. The molecule has 180 valence electrons. The number of pyridine rings is 1. The Balaban J connectivity index is 1.46. The Hall–Kier alpha value is -3.21. The molecule has 1 unspecified atom stereocenters.